The van der Waals surface area contributed by atoms with Gasteiger partial charge in [0.05, 0.1) is 6.04 Å². The third-order valence-electron chi connectivity index (χ3n) is 3.56. The van der Waals surface area contributed by atoms with Gasteiger partial charge in [-0.2, -0.15) is 0 Å². The van der Waals surface area contributed by atoms with E-state index < -0.39 is 11.6 Å². The van der Waals surface area contributed by atoms with Gasteiger partial charge in [0.25, 0.3) is 0 Å². The number of halogens is 2. The topological polar surface area (TPSA) is 12.0 Å². The van der Waals surface area contributed by atoms with Crippen molar-refractivity contribution in [2.24, 2.45) is 0 Å². The second-order valence-electron chi connectivity index (χ2n) is 5.45. The molecule has 0 aliphatic heterocycles. The second kappa shape index (κ2) is 6.81. The van der Waals surface area contributed by atoms with Gasteiger partial charge in [0.15, 0.2) is 0 Å². The number of hydrogen-bond acceptors (Lipinski definition) is 1. The third-order valence-corrected chi connectivity index (χ3v) is 3.56. The number of aryl methyl sites for hydroxylation is 2. The van der Waals surface area contributed by atoms with Crippen LogP contribution in [0, 0.1) is 25.5 Å². The zero-order valence-electron chi connectivity index (χ0n) is 12.7. The molecule has 2 aromatic rings. The molecule has 0 aromatic heterocycles. The molecule has 1 N–H and O–H groups in total. The van der Waals surface area contributed by atoms with E-state index in [2.05, 4.69) is 18.3 Å². The van der Waals surface area contributed by atoms with E-state index in [1.807, 2.05) is 26.0 Å². The molecule has 1 unspecified atom stereocenters. The van der Waals surface area contributed by atoms with E-state index in [-0.39, 0.29) is 6.04 Å². The molecule has 2 rings (SSSR count). The lowest BCUT2D eigenvalue weighted by molar-refractivity contribution is 0.557. The Morgan fingerprint density at radius 2 is 1.67 bits per heavy atom. The minimum absolute atomic E-state index is 0.199. The first-order chi connectivity index (χ1) is 10.0. The van der Waals surface area contributed by atoms with E-state index in [1.165, 1.54) is 12.1 Å². The van der Waals surface area contributed by atoms with Crippen LogP contribution in [0.5, 0.6) is 0 Å². The fourth-order valence-corrected chi connectivity index (χ4v) is 2.51. The van der Waals surface area contributed by atoms with Crippen molar-refractivity contribution in [1.82, 2.24) is 5.32 Å². The molecule has 0 aliphatic rings. The summed E-state index contributed by atoms with van der Waals surface area (Å²) in [5.74, 6) is -1.09. The molecule has 0 saturated heterocycles. The summed E-state index contributed by atoms with van der Waals surface area (Å²) in [7, 11) is 0. The number of nitrogens with one attached hydrogen (secondary N) is 1. The lowest BCUT2D eigenvalue weighted by Gasteiger charge is -2.22. The van der Waals surface area contributed by atoms with E-state index >= 15 is 0 Å². The van der Waals surface area contributed by atoms with Crippen molar-refractivity contribution in [3.8, 4) is 0 Å². The summed E-state index contributed by atoms with van der Waals surface area (Å²) in [4.78, 5) is 0. The number of hydrogen-bond donors (Lipinski definition) is 1. The summed E-state index contributed by atoms with van der Waals surface area (Å²) < 4.78 is 27.1. The molecule has 1 atom stereocenters. The monoisotopic (exact) mass is 289 g/mol. The van der Waals surface area contributed by atoms with Gasteiger partial charge in [-0.1, -0.05) is 30.7 Å². The molecule has 0 fully saturated rings. The molecule has 0 radical (unpaired) electrons. The van der Waals surface area contributed by atoms with Crippen molar-refractivity contribution in [3.05, 3.63) is 70.3 Å². The summed E-state index contributed by atoms with van der Waals surface area (Å²) in [6.45, 7) is 6.90. The molecule has 21 heavy (non-hydrogen) atoms. The van der Waals surface area contributed by atoms with Crippen LogP contribution in [0.1, 0.15) is 41.6 Å². The smallest absolute Gasteiger partial charge is 0.126 e. The maximum Gasteiger partial charge on any atom is 0.126 e. The van der Waals surface area contributed by atoms with Gasteiger partial charge >= 0.3 is 0 Å². The van der Waals surface area contributed by atoms with Gasteiger partial charge in [0, 0.05) is 6.07 Å². The Morgan fingerprint density at radius 1 is 1.00 bits per heavy atom. The quantitative estimate of drug-likeness (QED) is 0.843. The fraction of sp³-hybridized carbons (Fsp3) is 0.333. The lowest BCUT2D eigenvalue weighted by atomic mass is 9.93. The Balaban J connectivity index is 2.49. The van der Waals surface area contributed by atoms with Crippen LogP contribution in [-0.4, -0.2) is 6.54 Å². The highest BCUT2D eigenvalue weighted by molar-refractivity contribution is 5.39. The Morgan fingerprint density at radius 3 is 2.29 bits per heavy atom. The first-order valence-corrected chi connectivity index (χ1v) is 7.27. The normalized spacial score (nSPS) is 12.4. The van der Waals surface area contributed by atoms with Gasteiger partial charge in [-0.05, 0) is 55.6 Å². The van der Waals surface area contributed by atoms with Crippen molar-refractivity contribution in [2.45, 2.75) is 33.2 Å². The molecule has 0 heterocycles. The molecule has 2 aromatic carbocycles. The van der Waals surface area contributed by atoms with Gasteiger partial charge in [-0.3, -0.25) is 0 Å². The highest BCUT2D eigenvalue weighted by Gasteiger charge is 2.17. The predicted octanol–water partition coefficient (Wildman–Crippen LogP) is 4.67. The molecule has 0 bridgehead atoms. The van der Waals surface area contributed by atoms with Crippen molar-refractivity contribution >= 4 is 0 Å². The van der Waals surface area contributed by atoms with Gasteiger partial charge in [-0.25, -0.2) is 8.78 Å². The predicted molar refractivity (Wildman–Crippen MR) is 82.4 cm³/mol. The van der Waals surface area contributed by atoms with Crippen LogP contribution < -0.4 is 5.32 Å². The average Bonchev–Trinajstić information content (AvgIpc) is 2.42. The summed E-state index contributed by atoms with van der Waals surface area (Å²) in [5.41, 5.74) is 3.93. The van der Waals surface area contributed by atoms with Gasteiger partial charge in [-0.15, -0.1) is 0 Å². The highest BCUT2D eigenvalue weighted by atomic mass is 19.1. The summed E-state index contributed by atoms with van der Waals surface area (Å²) in [6.07, 6.45) is 0.958. The van der Waals surface area contributed by atoms with Gasteiger partial charge in [0.1, 0.15) is 11.6 Å². The zero-order valence-corrected chi connectivity index (χ0v) is 12.7. The standard InChI is InChI=1S/C18H21F2N/c1-4-7-21-18(14-9-15(19)11-16(20)10-14)17-8-12(2)5-6-13(17)3/h5-6,8-11,18,21H,4,7H2,1-3H3. The van der Waals surface area contributed by atoms with E-state index in [0.29, 0.717) is 5.56 Å². The molecule has 3 heteroatoms. The minimum Gasteiger partial charge on any atom is -0.306 e. The number of rotatable bonds is 5. The van der Waals surface area contributed by atoms with E-state index in [4.69, 9.17) is 0 Å². The molecular formula is C18H21F2N. The summed E-state index contributed by atoms with van der Waals surface area (Å²) >= 11 is 0. The molecule has 0 spiro atoms. The first kappa shape index (κ1) is 15.6. The van der Waals surface area contributed by atoms with Crippen LogP contribution >= 0.6 is 0 Å². The number of benzene rings is 2. The van der Waals surface area contributed by atoms with Gasteiger partial charge in [0.2, 0.25) is 0 Å². The Bertz CT molecular complexity index is 602. The van der Waals surface area contributed by atoms with Crippen LogP contribution in [0.4, 0.5) is 8.78 Å². The molecule has 0 amide bonds. The van der Waals surface area contributed by atoms with E-state index in [1.54, 1.807) is 0 Å². The van der Waals surface area contributed by atoms with Crippen LogP contribution in [-0.2, 0) is 0 Å². The zero-order chi connectivity index (χ0) is 15.4. The van der Waals surface area contributed by atoms with E-state index in [0.717, 1.165) is 35.7 Å². The first-order valence-electron chi connectivity index (χ1n) is 7.27. The van der Waals surface area contributed by atoms with Crippen LogP contribution in [0.25, 0.3) is 0 Å². The molecule has 0 aliphatic carbocycles. The fourth-order valence-electron chi connectivity index (χ4n) is 2.51. The Hall–Kier alpha value is -1.74. The van der Waals surface area contributed by atoms with Gasteiger partial charge < -0.3 is 5.32 Å². The van der Waals surface area contributed by atoms with Crippen molar-refractivity contribution in [3.63, 3.8) is 0 Å². The molecule has 1 nitrogen and oxygen atoms in total. The Kier molecular flexibility index (Phi) is 5.07. The van der Waals surface area contributed by atoms with Crippen LogP contribution in [0.15, 0.2) is 36.4 Å². The average molecular weight is 289 g/mol. The summed E-state index contributed by atoms with van der Waals surface area (Å²) in [6, 6.07) is 9.67. The SMILES string of the molecule is CCCNC(c1cc(F)cc(F)c1)c1cc(C)ccc1C. The lowest BCUT2D eigenvalue weighted by Crippen LogP contribution is -2.24. The summed E-state index contributed by atoms with van der Waals surface area (Å²) in [5, 5.41) is 3.39. The van der Waals surface area contributed by atoms with Crippen LogP contribution in [0.3, 0.4) is 0 Å². The maximum absolute atomic E-state index is 13.5. The molecule has 112 valence electrons. The van der Waals surface area contributed by atoms with Crippen molar-refractivity contribution < 1.29 is 8.78 Å². The highest BCUT2D eigenvalue weighted by Crippen LogP contribution is 2.27. The molecule has 0 saturated carbocycles. The largest absolute Gasteiger partial charge is 0.306 e. The second-order valence-corrected chi connectivity index (χ2v) is 5.45. The van der Waals surface area contributed by atoms with Crippen molar-refractivity contribution in [2.75, 3.05) is 6.54 Å². The Labute approximate surface area is 125 Å². The van der Waals surface area contributed by atoms with E-state index in [9.17, 15) is 8.78 Å². The van der Waals surface area contributed by atoms with Crippen LogP contribution in [0.2, 0.25) is 0 Å². The maximum atomic E-state index is 13.5. The van der Waals surface area contributed by atoms with Crippen molar-refractivity contribution in [1.29, 1.82) is 0 Å². The molecular weight excluding hydrogens is 268 g/mol. The minimum atomic E-state index is -0.543. The third kappa shape index (κ3) is 3.88.